The largest absolute Gasteiger partial charge is 0.460 e. The van der Waals surface area contributed by atoms with Gasteiger partial charge in [-0.15, -0.1) is 0 Å². The van der Waals surface area contributed by atoms with Crippen LogP contribution in [0.1, 0.15) is 6.92 Å². The van der Waals surface area contributed by atoms with Gasteiger partial charge in [0.05, 0.1) is 12.7 Å². The quantitative estimate of drug-likeness (QED) is 0.547. The lowest BCUT2D eigenvalue weighted by Gasteiger charge is -2.35. The van der Waals surface area contributed by atoms with Crippen LogP contribution in [-0.2, 0) is 9.53 Å². The molecule has 130 valence electrons. The summed E-state index contributed by atoms with van der Waals surface area (Å²) in [5.41, 5.74) is 0. The summed E-state index contributed by atoms with van der Waals surface area (Å²) >= 11 is 0. The third-order valence-electron chi connectivity index (χ3n) is 2.91. The minimum Gasteiger partial charge on any atom is -0.371 e. The average molecular weight is 347 g/mol. The van der Waals surface area contributed by atoms with Gasteiger partial charge in [0.15, 0.2) is 0 Å². The molecular weight excluding hydrogens is 337 g/mol. The predicted octanol–water partition coefficient (Wildman–Crippen LogP) is 2.70. The molecule has 1 heterocycles. The fraction of sp³-hybridized carbons (Fsp3) is 0.900. The van der Waals surface area contributed by atoms with Gasteiger partial charge in [-0.25, -0.2) is 0 Å². The van der Waals surface area contributed by atoms with E-state index in [-0.39, 0.29) is 11.5 Å². The Hall–Kier alpha value is -1.20. The Bertz CT molecular complexity index is 431. The highest BCUT2D eigenvalue weighted by atomic mass is 19.4. The Labute approximate surface area is 118 Å². The summed E-state index contributed by atoms with van der Waals surface area (Å²) in [6, 6.07) is 0. The highest BCUT2D eigenvalue weighted by molar-refractivity contribution is 5.85. The van der Waals surface area contributed by atoms with E-state index in [2.05, 4.69) is 4.74 Å². The van der Waals surface area contributed by atoms with Gasteiger partial charge in [-0.05, 0) is 6.92 Å². The average Bonchev–Trinajstić information content (AvgIpc) is 3.17. The normalized spacial score (nSPS) is 20.0. The van der Waals surface area contributed by atoms with Gasteiger partial charge in [-0.3, -0.25) is 4.79 Å². The van der Waals surface area contributed by atoms with Crippen molar-refractivity contribution in [2.45, 2.75) is 37.0 Å². The van der Waals surface area contributed by atoms with Crippen LogP contribution in [0.4, 0.5) is 39.5 Å². The maximum atomic E-state index is 13.4. The fourth-order valence-electron chi connectivity index (χ4n) is 1.48. The van der Waals surface area contributed by atoms with Gasteiger partial charge in [-0.2, -0.15) is 39.5 Å². The number of amides is 1. The van der Waals surface area contributed by atoms with E-state index in [1.54, 1.807) is 0 Å². The van der Waals surface area contributed by atoms with Crippen molar-refractivity contribution in [3.8, 4) is 0 Å². The highest BCUT2D eigenvalue weighted by Crippen LogP contribution is 2.53. The van der Waals surface area contributed by atoms with Crippen LogP contribution < -0.4 is 0 Å². The molecule has 0 saturated carbocycles. The Morgan fingerprint density at radius 1 is 1.05 bits per heavy atom. The van der Waals surface area contributed by atoms with E-state index in [0.717, 1.165) is 6.92 Å². The van der Waals surface area contributed by atoms with Crippen LogP contribution in [0, 0.1) is 0 Å². The molecule has 0 aromatic rings. The molecule has 1 saturated heterocycles. The molecule has 0 N–H and O–H groups in total. The number of likely N-dealkylation sites (N-methyl/N-ethyl adjacent to an activating group) is 1. The van der Waals surface area contributed by atoms with Gasteiger partial charge < -0.3 is 9.64 Å². The summed E-state index contributed by atoms with van der Waals surface area (Å²) in [5, 5.41) is 0. The van der Waals surface area contributed by atoms with E-state index in [1.165, 1.54) is 0 Å². The highest BCUT2D eigenvalue weighted by Gasteiger charge is 2.84. The summed E-state index contributed by atoms with van der Waals surface area (Å²) < 4.78 is 119. The Morgan fingerprint density at radius 2 is 1.50 bits per heavy atom. The monoisotopic (exact) mass is 347 g/mol. The van der Waals surface area contributed by atoms with Gasteiger partial charge in [0.1, 0.15) is 0 Å². The second-order valence-corrected chi connectivity index (χ2v) is 4.52. The van der Waals surface area contributed by atoms with Crippen LogP contribution in [0.3, 0.4) is 0 Å². The van der Waals surface area contributed by atoms with E-state index < -0.39 is 49.0 Å². The zero-order valence-electron chi connectivity index (χ0n) is 10.9. The first-order valence-electron chi connectivity index (χ1n) is 5.81. The van der Waals surface area contributed by atoms with Crippen LogP contribution >= 0.6 is 0 Å². The Morgan fingerprint density at radius 3 is 1.82 bits per heavy atom. The van der Waals surface area contributed by atoms with E-state index in [0.29, 0.717) is 0 Å². The third kappa shape index (κ3) is 2.97. The summed E-state index contributed by atoms with van der Waals surface area (Å²) in [7, 11) is 0. The number of hydrogen-bond donors (Lipinski definition) is 0. The molecule has 1 amide bonds. The van der Waals surface area contributed by atoms with Gasteiger partial charge in [0.2, 0.25) is 0 Å². The Kier molecular flexibility index (Phi) is 4.68. The molecular formula is C10H10F9NO2. The first-order chi connectivity index (χ1) is 9.70. The smallest absolute Gasteiger partial charge is 0.371 e. The summed E-state index contributed by atoms with van der Waals surface area (Å²) in [6.45, 7) is -0.110. The molecule has 0 aromatic carbocycles. The van der Waals surface area contributed by atoms with Crippen LogP contribution in [0.15, 0.2) is 0 Å². The number of ether oxygens (including phenoxy) is 1. The lowest BCUT2D eigenvalue weighted by molar-refractivity contribution is -0.389. The molecule has 1 rings (SSSR count). The number of hydrogen-bond acceptors (Lipinski definition) is 2. The van der Waals surface area contributed by atoms with E-state index in [1.807, 2.05) is 0 Å². The van der Waals surface area contributed by atoms with Crippen molar-refractivity contribution in [1.29, 1.82) is 0 Å². The lowest BCUT2D eigenvalue weighted by atomic mass is 10.0. The van der Waals surface area contributed by atoms with Gasteiger partial charge in [0, 0.05) is 13.1 Å². The standard InChI is InChI=1S/C10H10F9NO2/c1-2-20(3-5-4-22-5)6(21)7(11,12)8(13,14)9(15,16)10(17,18)19/h5H,2-4H2,1H3. The zero-order valence-corrected chi connectivity index (χ0v) is 10.9. The summed E-state index contributed by atoms with van der Waals surface area (Å²) in [4.78, 5) is 11.4. The minimum absolute atomic E-state index is 0.0322. The van der Waals surface area contributed by atoms with Crippen molar-refractivity contribution in [3.05, 3.63) is 0 Å². The number of carbonyl (C=O) groups is 1. The third-order valence-corrected chi connectivity index (χ3v) is 2.91. The topological polar surface area (TPSA) is 32.8 Å². The van der Waals surface area contributed by atoms with Crippen molar-refractivity contribution in [1.82, 2.24) is 4.90 Å². The van der Waals surface area contributed by atoms with Crippen LogP contribution in [0.25, 0.3) is 0 Å². The fourth-order valence-corrected chi connectivity index (χ4v) is 1.48. The van der Waals surface area contributed by atoms with Gasteiger partial charge in [-0.1, -0.05) is 0 Å². The predicted molar refractivity (Wildman–Crippen MR) is 52.9 cm³/mol. The van der Waals surface area contributed by atoms with E-state index >= 15 is 0 Å². The Balaban J connectivity index is 3.10. The van der Waals surface area contributed by atoms with E-state index in [4.69, 9.17) is 0 Å². The van der Waals surface area contributed by atoms with Crippen molar-refractivity contribution < 1.29 is 49.0 Å². The number of halogens is 9. The molecule has 0 bridgehead atoms. The summed E-state index contributed by atoms with van der Waals surface area (Å²) in [6.07, 6.45) is -7.69. The van der Waals surface area contributed by atoms with Gasteiger partial charge in [0.25, 0.3) is 5.91 Å². The first-order valence-corrected chi connectivity index (χ1v) is 5.81. The number of rotatable bonds is 6. The van der Waals surface area contributed by atoms with E-state index in [9.17, 15) is 44.3 Å². The van der Waals surface area contributed by atoms with Crippen molar-refractivity contribution in [2.24, 2.45) is 0 Å². The number of nitrogens with zero attached hydrogens (tertiary/aromatic N) is 1. The molecule has 1 unspecified atom stereocenters. The molecule has 1 fully saturated rings. The molecule has 0 aromatic heterocycles. The molecule has 12 heteroatoms. The second-order valence-electron chi connectivity index (χ2n) is 4.52. The van der Waals surface area contributed by atoms with Crippen molar-refractivity contribution >= 4 is 5.91 Å². The van der Waals surface area contributed by atoms with Gasteiger partial charge >= 0.3 is 23.9 Å². The lowest BCUT2D eigenvalue weighted by Crippen LogP contribution is -2.65. The van der Waals surface area contributed by atoms with Crippen molar-refractivity contribution in [3.63, 3.8) is 0 Å². The minimum atomic E-state index is -7.07. The maximum absolute atomic E-state index is 13.4. The first kappa shape index (κ1) is 18.8. The van der Waals surface area contributed by atoms with Crippen LogP contribution in [0.5, 0.6) is 0 Å². The molecule has 22 heavy (non-hydrogen) atoms. The SMILES string of the molecule is CCN(CC1CO1)C(=O)C(F)(F)C(F)(F)C(F)(F)C(F)(F)F. The van der Waals surface area contributed by atoms with Crippen LogP contribution in [-0.4, -0.2) is 60.6 Å². The number of epoxide rings is 1. The second kappa shape index (κ2) is 5.46. The molecule has 1 aliphatic rings. The van der Waals surface area contributed by atoms with Crippen LogP contribution in [0.2, 0.25) is 0 Å². The number of carbonyl (C=O) groups excluding carboxylic acids is 1. The molecule has 0 aliphatic carbocycles. The zero-order chi connectivity index (χ0) is 17.6. The number of alkyl halides is 9. The summed E-state index contributed by atoms with van der Waals surface area (Å²) in [5.74, 6) is -23.1. The molecule has 1 atom stereocenters. The molecule has 0 spiro atoms. The molecule has 3 nitrogen and oxygen atoms in total. The molecule has 1 aliphatic heterocycles. The van der Waals surface area contributed by atoms with Crippen molar-refractivity contribution in [2.75, 3.05) is 19.7 Å². The molecule has 0 radical (unpaired) electrons. The maximum Gasteiger partial charge on any atom is 0.460 e.